The summed E-state index contributed by atoms with van der Waals surface area (Å²) in [6.07, 6.45) is 0.150. The molecule has 0 aromatic heterocycles. The van der Waals surface area contributed by atoms with Gasteiger partial charge in [-0.15, -0.1) is 0 Å². The first-order valence-corrected chi connectivity index (χ1v) is 11.2. The van der Waals surface area contributed by atoms with Gasteiger partial charge >= 0.3 is 0 Å². The Morgan fingerprint density at radius 1 is 0.379 bits per heavy atom. The van der Waals surface area contributed by atoms with Crippen LogP contribution in [0.1, 0.15) is 0 Å². The van der Waals surface area contributed by atoms with E-state index >= 15 is 0 Å². The van der Waals surface area contributed by atoms with Crippen molar-refractivity contribution in [2.75, 3.05) is 111 Å². The van der Waals surface area contributed by atoms with Crippen LogP contribution in [-0.2, 0) is 0 Å². The van der Waals surface area contributed by atoms with Crippen molar-refractivity contribution in [3.8, 4) is 0 Å². The third-order valence-electron chi connectivity index (χ3n) is 4.18. The molecule has 176 valence electrons. The molecular formula is C18H49N11. The minimum Gasteiger partial charge on any atom is -0.329 e. The topological polar surface area (TPSA) is 174 Å². The van der Waals surface area contributed by atoms with E-state index in [1.807, 2.05) is 0 Å². The standard InChI is InChI=1S/C18H49N11/c19-1-3-22-5-7-24-9-10-25-11-12-27-14-16-29-18(17-21)28-15-13-26-8-6-23-4-2-20/h18,22-29H,1-17,19-21H2. The highest BCUT2D eigenvalue weighted by atomic mass is 15.1. The predicted molar refractivity (Wildman–Crippen MR) is 124 cm³/mol. The lowest BCUT2D eigenvalue weighted by Crippen LogP contribution is -2.51. The molecule has 0 rings (SSSR count). The molecule has 1 unspecified atom stereocenters. The molecule has 14 N–H and O–H groups in total. The molecule has 0 fully saturated rings. The summed E-state index contributed by atoms with van der Waals surface area (Å²) in [6.45, 7) is 15.1. The van der Waals surface area contributed by atoms with E-state index in [4.69, 9.17) is 17.2 Å². The zero-order valence-electron chi connectivity index (χ0n) is 18.3. The average Bonchev–Trinajstić information content (AvgIpc) is 2.74. The normalized spacial score (nSPS) is 12.5. The van der Waals surface area contributed by atoms with Crippen LogP contribution < -0.4 is 59.7 Å². The van der Waals surface area contributed by atoms with Crippen LogP contribution in [0.25, 0.3) is 0 Å². The molecule has 0 bridgehead atoms. The van der Waals surface area contributed by atoms with E-state index < -0.39 is 0 Å². The molecule has 11 nitrogen and oxygen atoms in total. The molecular weight excluding hydrogens is 370 g/mol. The fourth-order valence-electron chi connectivity index (χ4n) is 2.57. The smallest absolute Gasteiger partial charge is 0.0699 e. The Labute approximate surface area is 177 Å². The first-order valence-electron chi connectivity index (χ1n) is 11.2. The van der Waals surface area contributed by atoms with Gasteiger partial charge in [0.05, 0.1) is 6.17 Å². The molecule has 0 radical (unpaired) electrons. The van der Waals surface area contributed by atoms with Gasteiger partial charge in [0.15, 0.2) is 0 Å². The Hall–Kier alpha value is -0.440. The van der Waals surface area contributed by atoms with Gasteiger partial charge in [0.2, 0.25) is 0 Å². The van der Waals surface area contributed by atoms with E-state index in [2.05, 4.69) is 42.5 Å². The van der Waals surface area contributed by atoms with Crippen molar-refractivity contribution in [3.63, 3.8) is 0 Å². The van der Waals surface area contributed by atoms with Crippen LogP contribution in [-0.4, -0.2) is 117 Å². The van der Waals surface area contributed by atoms with Crippen LogP contribution in [0.4, 0.5) is 0 Å². The van der Waals surface area contributed by atoms with Crippen LogP contribution in [0.5, 0.6) is 0 Å². The third-order valence-corrected chi connectivity index (χ3v) is 4.18. The molecule has 0 aliphatic carbocycles. The quantitative estimate of drug-likeness (QED) is 0.0504. The van der Waals surface area contributed by atoms with Crippen molar-refractivity contribution in [2.45, 2.75) is 6.17 Å². The average molecular weight is 420 g/mol. The van der Waals surface area contributed by atoms with E-state index in [0.717, 1.165) is 91.6 Å². The molecule has 1 atom stereocenters. The van der Waals surface area contributed by atoms with Gasteiger partial charge in [0, 0.05) is 111 Å². The maximum Gasteiger partial charge on any atom is 0.0699 e. The molecule has 0 amide bonds. The zero-order chi connectivity index (χ0) is 21.3. The second-order valence-corrected chi connectivity index (χ2v) is 6.77. The molecule has 0 aliphatic rings. The zero-order valence-corrected chi connectivity index (χ0v) is 18.3. The summed E-state index contributed by atoms with van der Waals surface area (Å²) in [6, 6.07) is 0. The summed E-state index contributed by atoms with van der Waals surface area (Å²) in [5.41, 5.74) is 16.7. The van der Waals surface area contributed by atoms with Crippen LogP contribution in [0.15, 0.2) is 0 Å². The monoisotopic (exact) mass is 419 g/mol. The fourth-order valence-corrected chi connectivity index (χ4v) is 2.57. The minimum absolute atomic E-state index is 0.150. The van der Waals surface area contributed by atoms with Gasteiger partial charge in [-0.3, -0.25) is 10.6 Å². The van der Waals surface area contributed by atoms with Crippen molar-refractivity contribution < 1.29 is 0 Å². The predicted octanol–water partition coefficient (Wildman–Crippen LogP) is -5.09. The molecule has 0 heterocycles. The van der Waals surface area contributed by atoms with Crippen molar-refractivity contribution in [1.29, 1.82) is 0 Å². The first-order chi connectivity index (χ1) is 14.3. The summed E-state index contributed by atoms with van der Waals surface area (Å²) in [5, 5.41) is 27.0. The molecule has 0 aromatic carbocycles. The number of nitrogens with two attached hydrogens (primary N) is 3. The maximum atomic E-state index is 5.81. The molecule has 0 saturated heterocycles. The van der Waals surface area contributed by atoms with Crippen LogP contribution in [0.2, 0.25) is 0 Å². The molecule has 0 saturated carbocycles. The number of rotatable bonds is 25. The van der Waals surface area contributed by atoms with Gasteiger partial charge in [0.1, 0.15) is 0 Å². The van der Waals surface area contributed by atoms with Gasteiger partial charge in [0.25, 0.3) is 0 Å². The van der Waals surface area contributed by atoms with E-state index in [1.165, 1.54) is 0 Å². The minimum atomic E-state index is 0.150. The number of hydrogen-bond acceptors (Lipinski definition) is 11. The van der Waals surface area contributed by atoms with Crippen molar-refractivity contribution in [3.05, 3.63) is 0 Å². The summed E-state index contributed by atoms with van der Waals surface area (Å²) in [4.78, 5) is 0. The highest BCUT2D eigenvalue weighted by molar-refractivity contribution is 4.67. The van der Waals surface area contributed by atoms with Gasteiger partial charge in [-0.2, -0.15) is 0 Å². The van der Waals surface area contributed by atoms with Crippen LogP contribution >= 0.6 is 0 Å². The number of nitrogens with one attached hydrogen (secondary N) is 8. The lowest BCUT2D eigenvalue weighted by Gasteiger charge is -2.19. The highest BCUT2D eigenvalue weighted by Crippen LogP contribution is 1.73. The molecule has 29 heavy (non-hydrogen) atoms. The van der Waals surface area contributed by atoms with E-state index in [9.17, 15) is 0 Å². The first kappa shape index (κ1) is 28.6. The van der Waals surface area contributed by atoms with Crippen molar-refractivity contribution in [2.24, 2.45) is 17.2 Å². The lowest BCUT2D eigenvalue weighted by molar-refractivity contribution is 0.423. The molecule has 11 heteroatoms. The van der Waals surface area contributed by atoms with Crippen LogP contribution in [0, 0.1) is 0 Å². The van der Waals surface area contributed by atoms with Gasteiger partial charge in [-0.1, -0.05) is 0 Å². The summed E-state index contributed by atoms with van der Waals surface area (Å²) in [5.74, 6) is 0. The molecule has 0 aliphatic heterocycles. The van der Waals surface area contributed by atoms with Gasteiger partial charge in [-0.25, -0.2) is 0 Å². The molecule has 0 aromatic rings. The summed E-state index contributed by atoms with van der Waals surface area (Å²) < 4.78 is 0. The summed E-state index contributed by atoms with van der Waals surface area (Å²) in [7, 11) is 0. The fraction of sp³-hybridized carbons (Fsp3) is 1.00. The van der Waals surface area contributed by atoms with E-state index in [-0.39, 0.29) is 6.17 Å². The van der Waals surface area contributed by atoms with E-state index in [1.54, 1.807) is 0 Å². The largest absolute Gasteiger partial charge is 0.329 e. The van der Waals surface area contributed by atoms with Crippen LogP contribution in [0.3, 0.4) is 0 Å². The lowest BCUT2D eigenvalue weighted by atomic mass is 10.4. The third kappa shape index (κ3) is 23.7. The van der Waals surface area contributed by atoms with Gasteiger partial charge in [-0.05, 0) is 0 Å². The Morgan fingerprint density at radius 3 is 0.931 bits per heavy atom. The Bertz CT molecular complexity index is 297. The molecule has 0 spiro atoms. The SMILES string of the molecule is NCCNCCNCCNCCNCCNC(CN)NCCNCCNCCN. The Kier molecular flexibility index (Phi) is 25.2. The van der Waals surface area contributed by atoms with Crippen molar-refractivity contribution in [1.82, 2.24) is 42.5 Å². The maximum absolute atomic E-state index is 5.81. The second-order valence-electron chi connectivity index (χ2n) is 6.77. The van der Waals surface area contributed by atoms with E-state index in [0.29, 0.717) is 19.6 Å². The highest BCUT2D eigenvalue weighted by Gasteiger charge is 2.03. The van der Waals surface area contributed by atoms with Crippen molar-refractivity contribution >= 4 is 0 Å². The van der Waals surface area contributed by atoms with Gasteiger partial charge < -0.3 is 49.1 Å². The number of hydrogen-bond donors (Lipinski definition) is 11. The Morgan fingerprint density at radius 2 is 0.655 bits per heavy atom. The Balaban J connectivity index is 3.25. The second kappa shape index (κ2) is 25.6. The summed E-state index contributed by atoms with van der Waals surface area (Å²) >= 11 is 0.